The van der Waals surface area contributed by atoms with Gasteiger partial charge in [-0.2, -0.15) is 0 Å². The molecule has 46 heavy (non-hydrogen) atoms. The van der Waals surface area contributed by atoms with Crippen molar-refractivity contribution in [1.82, 2.24) is 0 Å². The highest BCUT2D eigenvalue weighted by molar-refractivity contribution is 14.1. The average molecular weight is 714 g/mol. The van der Waals surface area contributed by atoms with Crippen LogP contribution in [0.1, 0.15) is 52.7 Å². The van der Waals surface area contributed by atoms with Crippen molar-refractivity contribution in [3.05, 3.63) is 160 Å². The molecule has 0 fully saturated rings. The predicted molar refractivity (Wildman–Crippen MR) is 209 cm³/mol. The molecule has 0 aliphatic carbocycles. The second-order valence-electron chi connectivity index (χ2n) is 13.8. The van der Waals surface area contributed by atoms with Crippen LogP contribution in [0.15, 0.2) is 146 Å². The van der Waals surface area contributed by atoms with E-state index < -0.39 is 0 Å². The van der Waals surface area contributed by atoms with Gasteiger partial charge in [0.1, 0.15) is 0 Å². The minimum absolute atomic E-state index is 0.0702. The largest absolute Gasteiger partial charge is 0.398 e. The normalized spacial score (nSPS) is 11.5. The number of nitrogens with two attached hydrogens (primary N) is 1. The van der Waals surface area contributed by atoms with Gasteiger partial charge in [-0.25, -0.2) is 0 Å². The molecule has 0 amide bonds. The van der Waals surface area contributed by atoms with Gasteiger partial charge in [-0.1, -0.05) is 163 Å². The molecule has 0 radical (unpaired) electrons. The summed E-state index contributed by atoms with van der Waals surface area (Å²) in [5, 5.41) is 0. The van der Waals surface area contributed by atoms with Gasteiger partial charge < -0.3 is 5.73 Å². The van der Waals surface area contributed by atoms with E-state index in [1.165, 1.54) is 37.0 Å². The number of nitrogen functional groups attached to an aromatic ring is 1. The van der Waals surface area contributed by atoms with Crippen LogP contribution in [0.2, 0.25) is 0 Å². The van der Waals surface area contributed by atoms with Crippen LogP contribution in [0.3, 0.4) is 0 Å². The molecule has 6 aromatic rings. The van der Waals surface area contributed by atoms with Crippen LogP contribution in [0.4, 0.5) is 5.69 Å². The number of hydrogen-bond acceptors (Lipinski definition) is 1. The van der Waals surface area contributed by atoms with Gasteiger partial charge in [0.05, 0.1) is 0 Å². The van der Waals surface area contributed by atoms with Crippen LogP contribution in [0.25, 0.3) is 44.5 Å². The Morgan fingerprint density at radius 1 is 0.391 bits per heavy atom. The lowest BCUT2D eigenvalue weighted by atomic mass is 9.82. The average Bonchev–Trinajstić information content (AvgIpc) is 3.06. The zero-order valence-corrected chi connectivity index (χ0v) is 30.0. The molecule has 232 valence electrons. The minimum Gasteiger partial charge on any atom is -0.398 e. The Bertz CT molecular complexity index is 1620. The van der Waals surface area contributed by atoms with Crippen LogP contribution in [-0.4, -0.2) is 0 Å². The number of benzene rings is 6. The molecule has 0 aromatic heterocycles. The maximum Gasteiger partial charge on any atom is 0.0473 e. The maximum absolute atomic E-state index is 6.56. The van der Waals surface area contributed by atoms with Gasteiger partial charge in [0, 0.05) is 20.4 Å². The lowest BCUT2D eigenvalue weighted by Crippen LogP contribution is -2.12. The van der Waals surface area contributed by atoms with E-state index in [1.54, 1.807) is 0 Å². The molecule has 0 saturated heterocycles. The van der Waals surface area contributed by atoms with Gasteiger partial charge in [0.2, 0.25) is 0 Å². The van der Waals surface area contributed by atoms with Crippen LogP contribution >= 0.6 is 22.6 Å². The first-order valence-corrected chi connectivity index (χ1v) is 17.0. The molecule has 0 bridgehead atoms. The summed E-state index contributed by atoms with van der Waals surface area (Å²) >= 11 is 2.49. The highest BCUT2D eigenvalue weighted by Crippen LogP contribution is 2.40. The molecule has 0 saturated carbocycles. The van der Waals surface area contributed by atoms with Gasteiger partial charge in [-0.3, -0.25) is 0 Å². The van der Waals surface area contributed by atoms with Gasteiger partial charge in [-0.05, 0) is 102 Å². The third kappa shape index (κ3) is 7.79. The summed E-state index contributed by atoms with van der Waals surface area (Å²) in [6, 6.07) is 51.3. The van der Waals surface area contributed by atoms with E-state index in [0.717, 1.165) is 27.9 Å². The van der Waals surface area contributed by atoms with E-state index in [1.807, 2.05) is 12.1 Å². The van der Waals surface area contributed by atoms with Gasteiger partial charge >= 0.3 is 0 Å². The number of halogens is 1. The van der Waals surface area contributed by atoms with Crippen molar-refractivity contribution < 1.29 is 0 Å². The first-order chi connectivity index (χ1) is 21.9. The highest BCUT2D eigenvalue weighted by Gasteiger charge is 2.20. The first-order valence-electron chi connectivity index (χ1n) is 15.9. The quantitative estimate of drug-likeness (QED) is 0.143. The van der Waals surface area contributed by atoms with Crippen molar-refractivity contribution in [1.29, 1.82) is 0 Å². The Labute approximate surface area is 289 Å². The number of anilines is 1. The second kappa shape index (κ2) is 14.1. The molecule has 0 heterocycles. The fourth-order valence-electron chi connectivity index (χ4n) is 5.51. The Hall–Kier alpha value is -4.15. The van der Waals surface area contributed by atoms with Crippen molar-refractivity contribution >= 4 is 28.3 Å². The Balaban J connectivity index is 0.000000181. The summed E-state index contributed by atoms with van der Waals surface area (Å²) < 4.78 is 1.31. The monoisotopic (exact) mass is 713 g/mol. The van der Waals surface area contributed by atoms with Crippen molar-refractivity contribution in [3.8, 4) is 44.5 Å². The van der Waals surface area contributed by atoms with Crippen molar-refractivity contribution in [2.45, 2.75) is 52.4 Å². The van der Waals surface area contributed by atoms with E-state index in [9.17, 15) is 0 Å². The Morgan fingerprint density at radius 2 is 0.630 bits per heavy atom. The van der Waals surface area contributed by atoms with Crippen molar-refractivity contribution in [2.24, 2.45) is 0 Å². The molecule has 0 atom stereocenters. The molecular formula is C44H44IN. The van der Waals surface area contributed by atoms with Crippen LogP contribution in [0.5, 0.6) is 0 Å². The van der Waals surface area contributed by atoms with E-state index in [2.05, 4.69) is 198 Å². The predicted octanol–water partition coefficient (Wildman–Crippen LogP) is 12.8. The second-order valence-corrected chi connectivity index (χ2v) is 14.9. The smallest absolute Gasteiger partial charge is 0.0473 e. The van der Waals surface area contributed by atoms with Gasteiger partial charge in [0.15, 0.2) is 0 Å². The fourth-order valence-corrected chi connectivity index (χ4v) is 6.45. The summed E-state index contributed by atoms with van der Waals surface area (Å²) in [5.74, 6) is 0. The summed E-state index contributed by atoms with van der Waals surface area (Å²) in [6.45, 7) is 13.5. The summed E-state index contributed by atoms with van der Waals surface area (Å²) in [5.41, 5.74) is 20.0. The zero-order chi connectivity index (χ0) is 32.9. The molecular weight excluding hydrogens is 669 g/mol. The standard InChI is InChI=1S/C22H21I.C22H23N/c2*1-22(2,3)18-14-19(16-10-6-4-7-11-16)21(23)20(15-18)17-12-8-5-9-13-17/h4-15H,1-3H3;4-15H,23H2,1-3H3. The van der Waals surface area contributed by atoms with Gasteiger partial charge in [-0.15, -0.1) is 0 Å². The maximum atomic E-state index is 6.56. The molecule has 2 N–H and O–H groups in total. The highest BCUT2D eigenvalue weighted by atomic mass is 127. The van der Waals surface area contributed by atoms with Crippen LogP contribution < -0.4 is 5.73 Å². The Kier molecular flexibility index (Phi) is 10.2. The molecule has 0 aliphatic rings. The number of rotatable bonds is 4. The summed E-state index contributed by atoms with van der Waals surface area (Å²) in [4.78, 5) is 0. The van der Waals surface area contributed by atoms with Crippen LogP contribution in [-0.2, 0) is 10.8 Å². The van der Waals surface area contributed by atoms with E-state index in [-0.39, 0.29) is 10.8 Å². The summed E-state index contributed by atoms with van der Waals surface area (Å²) in [7, 11) is 0. The van der Waals surface area contributed by atoms with Gasteiger partial charge in [0.25, 0.3) is 0 Å². The topological polar surface area (TPSA) is 26.0 Å². The zero-order valence-electron chi connectivity index (χ0n) is 27.8. The first kappa shape index (κ1) is 33.2. The third-order valence-corrected chi connectivity index (χ3v) is 9.49. The van der Waals surface area contributed by atoms with Crippen molar-refractivity contribution in [2.75, 3.05) is 5.73 Å². The Morgan fingerprint density at radius 3 is 0.891 bits per heavy atom. The van der Waals surface area contributed by atoms with E-state index in [0.29, 0.717) is 0 Å². The fraction of sp³-hybridized carbons (Fsp3) is 0.182. The molecule has 0 unspecified atom stereocenters. The number of hydrogen-bond donors (Lipinski definition) is 1. The molecule has 6 rings (SSSR count). The van der Waals surface area contributed by atoms with E-state index >= 15 is 0 Å². The summed E-state index contributed by atoms with van der Waals surface area (Å²) in [6.07, 6.45) is 0. The molecule has 1 nitrogen and oxygen atoms in total. The molecule has 0 spiro atoms. The third-order valence-electron chi connectivity index (χ3n) is 8.32. The SMILES string of the molecule is CC(C)(C)c1cc(-c2ccccc2)c(I)c(-c2ccccc2)c1.CC(C)(C)c1cc(-c2ccccc2)c(N)c(-c2ccccc2)c1. The van der Waals surface area contributed by atoms with E-state index in [4.69, 9.17) is 5.73 Å². The molecule has 6 aromatic carbocycles. The molecule has 2 heteroatoms. The van der Waals surface area contributed by atoms with Crippen molar-refractivity contribution in [3.63, 3.8) is 0 Å². The molecule has 0 aliphatic heterocycles. The van der Waals surface area contributed by atoms with Crippen LogP contribution in [0, 0.1) is 3.57 Å². The minimum atomic E-state index is 0.0702. The lowest BCUT2D eigenvalue weighted by Gasteiger charge is -2.23. The lowest BCUT2D eigenvalue weighted by molar-refractivity contribution is 0.590.